The highest BCUT2D eigenvalue weighted by atomic mass is 16.2. The molecule has 0 N–H and O–H groups in total. The Kier molecular flexibility index (Phi) is 11.1. The summed E-state index contributed by atoms with van der Waals surface area (Å²) >= 11 is 0. The van der Waals surface area contributed by atoms with Crippen LogP contribution >= 0.6 is 0 Å². The van der Waals surface area contributed by atoms with Gasteiger partial charge in [0.25, 0.3) is 0 Å². The molecule has 160 valence electrons. The van der Waals surface area contributed by atoms with Gasteiger partial charge < -0.3 is 4.90 Å². The van der Waals surface area contributed by atoms with Gasteiger partial charge in [-0.3, -0.25) is 14.8 Å². The van der Waals surface area contributed by atoms with E-state index in [1.807, 2.05) is 24.1 Å². The molecule has 0 atom stereocenters. The molecule has 2 amide bonds. The third kappa shape index (κ3) is 8.59. The number of anilines is 1. The minimum atomic E-state index is 0.0230. The number of nitrogens with zero attached hydrogens (tertiary/aromatic N) is 4. The summed E-state index contributed by atoms with van der Waals surface area (Å²) in [5, 5.41) is 0. The molecule has 1 rings (SSSR count). The SMILES string of the molecule is Cc1cncc(N(CCCCCCCCN(C(C)C)C(C)C)C(=O)N(C)C)c1. The van der Waals surface area contributed by atoms with Crippen LogP contribution in [0.5, 0.6) is 0 Å². The highest BCUT2D eigenvalue weighted by molar-refractivity contribution is 5.91. The Labute approximate surface area is 173 Å². The summed E-state index contributed by atoms with van der Waals surface area (Å²) < 4.78 is 0. The molecule has 0 unspecified atom stereocenters. The van der Waals surface area contributed by atoms with Crippen LogP contribution in [0, 0.1) is 6.92 Å². The van der Waals surface area contributed by atoms with Crippen molar-refractivity contribution in [2.75, 3.05) is 32.1 Å². The molecule has 0 aliphatic carbocycles. The summed E-state index contributed by atoms with van der Waals surface area (Å²) in [6.45, 7) is 13.1. The molecule has 0 radical (unpaired) electrons. The molecule has 1 heterocycles. The van der Waals surface area contributed by atoms with Crippen molar-refractivity contribution in [1.29, 1.82) is 0 Å². The maximum Gasteiger partial charge on any atom is 0.324 e. The number of aryl methyl sites for hydroxylation is 1. The predicted molar refractivity (Wildman–Crippen MR) is 120 cm³/mol. The highest BCUT2D eigenvalue weighted by Gasteiger charge is 2.17. The van der Waals surface area contributed by atoms with Gasteiger partial charge in [-0.2, -0.15) is 0 Å². The van der Waals surface area contributed by atoms with E-state index in [0.717, 1.165) is 30.6 Å². The van der Waals surface area contributed by atoms with Crippen molar-refractivity contribution < 1.29 is 4.79 Å². The Morgan fingerprint density at radius 2 is 1.43 bits per heavy atom. The first-order valence-electron chi connectivity index (χ1n) is 10.9. The van der Waals surface area contributed by atoms with Crippen LogP contribution in [0.25, 0.3) is 0 Å². The number of amides is 2. The number of urea groups is 1. The molecule has 0 saturated carbocycles. The molecule has 0 aliphatic heterocycles. The van der Waals surface area contributed by atoms with E-state index < -0.39 is 0 Å². The van der Waals surface area contributed by atoms with E-state index in [1.54, 1.807) is 25.2 Å². The molecular weight excluding hydrogens is 348 g/mol. The number of unbranched alkanes of at least 4 members (excludes halogenated alkanes) is 5. The van der Waals surface area contributed by atoms with E-state index in [4.69, 9.17) is 0 Å². The first-order chi connectivity index (χ1) is 13.2. The van der Waals surface area contributed by atoms with E-state index in [0.29, 0.717) is 12.1 Å². The van der Waals surface area contributed by atoms with E-state index >= 15 is 0 Å². The van der Waals surface area contributed by atoms with Crippen molar-refractivity contribution in [3.63, 3.8) is 0 Å². The minimum absolute atomic E-state index is 0.0230. The zero-order chi connectivity index (χ0) is 21.1. The normalized spacial score (nSPS) is 11.5. The first-order valence-corrected chi connectivity index (χ1v) is 10.9. The van der Waals surface area contributed by atoms with Crippen LogP contribution in [-0.4, -0.2) is 60.1 Å². The van der Waals surface area contributed by atoms with Crippen LogP contribution in [0.2, 0.25) is 0 Å². The fourth-order valence-corrected chi connectivity index (χ4v) is 3.65. The van der Waals surface area contributed by atoms with Crippen molar-refractivity contribution in [3.05, 3.63) is 24.0 Å². The average Bonchev–Trinajstić information content (AvgIpc) is 2.62. The number of carbonyl (C=O) groups is 1. The summed E-state index contributed by atoms with van der Waals surface area (Å²) in [5.74, 6) is 0. The molecule has 1 aromatic heterocycles. The summed E-state index contributed by atoms with van der Waals surface area (Å²) in [6, 6.07) is 3.30. The maximum absolute atomic E-state index is 12.6. The number of pyridine rings is 1. The van der Waals surface area contributed by atoms with Crippen LogP contribution in [0.4, 0.5) is 10.5 Å². The van der Waals surface area contributed by atoms with Crippen molar-refractivity contribution in [2.24, 2.45) is 0 Å². The van der Waals surface area contributed by atoms with Gasteiger partial charge in [-0.15, -0.1) is 0 Å². The summed E-state index contributed by atoms with van der Waals surface area (Å²) in [7, 11) is 3.60. The van der Waals surface area contributed by atoms with Gasteiger partial charge in [0.2, 0.25) is 0 Å². The third-order valence-corrected chi connectivity index (χ3v) is 5.16. The fourth-order valence-electron chi connectivity index (χ4n) is 3.65. The van der Waals surface area contributed by atoms with Gasteiger partial charge in [-0.05, 0) is 65.6 Å². The van der Waals surface area contributed by atoms with Gasteiger partial charge in [-0.1, -0.05) is 25.7 Å². The number of carbonyl (C=O) groups excluding carboxylic acids is 1. The van der Waals surface area contributed by atoms with Gasteiger partial charge in [0, 0.05) is 38.9 Å². The Hall–Kier alpha value is -1.62. The highest BCUT2D eigenvalue weighted by Crippen LogP contribution is 2.17. The summed E-state index contributed by atoms with van der Waals surface area (Å²) in [4.78, 5) is 22.9. The average molecular weight is 391 g/mol. The standard InChI is InChI=1S/C23H42N4O/c1-19(2)26(20(3)4)14-12-10-8-9-11-13-15-27(23(28)25(6)7)22-16-21(5)17-24-18-22/h16-20H,8-15H2,1-7H3. The Bertz CT molecular complexity index is 563. The van der Waals surface area contributed by atoms with Gasteiger partial charge in [0.15, 0.2) is 0 Å². The number of hydrogen-bond acceptors (Lipinski definition) is 3. The Morgan fingerprint density at radius 1 is 0.893 bits per heavy atom. The molecule has 0 saturated heterocycles. The van der Waals surface area contributed by atoms with Crippen molar-refractivity contribution in [2.45, 2.75) is 85.2 Å². The lowest BCUT2D eigenvalue weighted by Crippen LogP contribution is -2.40. The van der Waals surface area contributed by atoms with Gasteiger partial charge >= 0.3 is 6.03 Å². The lowest BCUT2D eigenvalue weighted by atomic mass is 10.1. The number of rotatable bonds is 12. The summed E-state index contributed by atoms with van der Waals surface area (Å²) in [6.07, 6.45) is 10.9. The smallest absolute Gasteiger partial charge is 0.324 e. The van der Waals surface area contributed by atoms with E-state index in [-0.39, 0.29) is 6.03 Å². The molecule has 0 bridgehead atoms. The van der Waals surface area contributed by atoms with Gasteiger partial charge in [-0.25, -0.2) is 4.79 Å². The van der Waals surface area contributed by atoms with Crippen LogP contribution in [-0.2, 0) is 0 Å². The molecule has 0 aromatic carbocycles. The zero-order valence-corrected chi connectivity index (χ0v) is 19.2. The molecule has 0 spiro atoms. The van der Waals surface area contributed by atoms with Gasteiger partial charge in [0.05, 0.1) is 11.9 Å². The lowest BCUT2D eigenvalue weighted by Gasteiger charge is -2.30. The Morgan fingerprint density at radius 3 is 1.93 bits per heavy atom. The lowest BCUT2D eigenvalue weighted by molar-refractivity contribution is 0.171. The van der Waals surface area contributed by atoms with E-state index in [9.17, 15) is 4.79 Å². The molecule has 0 fully saturated rings. The van der Waals surface area contributed by atoms with Crippen LogP contribution in [0.3, 0.4) is 0 Å². The second kappa shape index (κ2) is 12.8. The molecular formula is C23H42N4O. The van der Waals surface area contributed by atoms with Crippen molar-refractivity contribution in [1.82, 2.24) is 14.8 Å². The molecule has 28 heavy (non-hydrogen) atoms. The quantitative estimate of drug-likeness (QED) is 0.452. The van der Waals surface area contributed by atoms with Crippen molar-refractivity contribution in [3.8, 4) is 0 Å². The van der Waals surface area contributed by atoms with Gasteiger partial charge in [0.1, 0.15) is 0 Å². The van der Waals surface area contributed by atoms with E-state index in [2.05, 4.69) is 37.6 Å². The fraction of sp³-hybridized carbons (Fsp3) is 0.739. The largest absolute Gasteiger partial charge is 0.330 e. The Balaban J connectivity index is 2.34. The molecule has 5 heteroatoms. The summed E-state index contributed by atoms with van der Waals surface area (Å²) in [5.41, 5.74) is 1.96. The minimum Gasteiger partial charge on any atom is -0.330 e. The van der Waals surface area contributed by atoms with Crippen LogP contribution < -0.4 is 4.90 Å². The van der Waals surface area contributed by atoms with Crippen molar-refractivity contribution >= 4 is 11.7 Å². The molecule has 5 nitrogen and oxygen atoms in total. The van der Waals surface area contributed by atoms with Crippen LogP contribution in [0.15, 0.2) is 18.5 Å². The topological polar surface area (TPSA) is 39.7 Å². The maximum atomic E-state index is 12.6. The predicted octanol–water partition coefficient (Wildman–Crippen LogP) is 5.34. The first kappa shape index (κ1) is 24.4. The van der Waals surface area contributed by atoms with Crippen LogP contribution in [0.1, 0.15) is 71.8 Å². The zero-order valence-electron chi connectivity index (χ0n) is 19.2. The second-order valence-corrected chi connectivity index (χ2v) is 8.60. The third-order valence-electron chi connectivity index (χ3n) is 5.16. The number of hydrogen-bond donors (Lipinski definition) is 0. The molecule has 1 aromatic rings. The van der Waals surface area contributed by atoms with E-state index in [1.165, 1.54) is 32.2 Å². The number of aromatic nitrogens is 1. The second-order valence-electron chi connectivity index (χ2n) is 8.60. The monoisotopic (exact) mass is 390 g/mol. The molecule has 0 aliphatic rings.